The Morgan fingerprint density at radius 1 is 1.20 bits per heavy atom. The van der Waals surface area contributed by atoms with Crippen LogP contribution in [0.1, 0.15) is 26.3 Å². The molecule has 2 rings (SSSR count). The zero-order valence-corrected chi connectivity index (χ0v) is 11.9. The van der Waals surface area contributed by atoms with Crippen LogP contribution in [0.3, 0.4) is 0 Å². The van der Waals surface area contributed by atoms with E-state index in [-0.39, 0.29) is 5.71 Å². The molecule has 0 bridgehead atoms. The van der Waals surface area contributed by atoms with Crippen LogP contribution in [-0.4, -0.2) is 45.3 Å². The zero-order valence-electron chi connectivity index (χ0n) is 11.9. The van der Waals surface area contributed by atoms with Crippen LogP contribution in [0.2, 0.25) is 0 Å². The van der Waals surface area contributed by atoms with Crippen molar-refractivity contribution in [3.63, 3.8) is 0 Å². The molecule has 6 nitrogen and oxygen atoms in total. The monoisotopic (exact) mass is 278 g/mol. The van der Waals surface area contributed by atoms with Crippen LogP contribution in [-0.2, 0) is 4.79 Å². The number of rotatable bonds is 2. The van der Waals surface area contributed by atoms with E-state index in [4.69, 9.17) is 4.74 Å². The lowest BCUT2D eigenvalue weighted by Crippen LogP contribution is -2.50. The average Bonchev–Trinajstić information content (AvgIpc) is 2.61. The lowest BCUT2D eigenvalue weighted by molar-refractivity contribution is -0.172. The van der Waals surface area contributed by atoms with Gasteiger partial charge in [-0.2, -0.15) is 5.10 Å². The van der Waals surface area contributed by atoms with E-state index in [1.165, 1.54) is 7.11 Å². The van der Waals surface area contributed by atoms with Crippen molar-refractivity contribution in [2.45, 2.75) is 32.1 Å². The number of nitrogens with zero attached hydrogens (tertiary/aromatic N) is 2. The smallest absolute Gasteiger partial charge is 0.309 e. The summed E-state index contributed by atoms with van der Waals surface area (Å²) in [5.41, 5.74) is -0.266. The molecule has 0 spiro atoms. The van der Waals surface area contributed by atoms with E-state index in [1.807, 2.05) is 0 Å². The first kappa shape index (κ1) is 14.5. The van der Waals surface area contributed by atoms with Gasteiger partial charge in [-0.1, -0.05) is 0 Å². The number of methoxy groups -OCH3 is 1. The molecule has 1 amide bonds. The number of carbonyl (C=O) groups is 1. The standard InChI is InChI=1S/C14H18N2O4/c1-13(2,3)16-12(17)14(18,19)11(15-16)9-5-7-10(20-4)8-6-9/h5-8,18-19H,1-4H3. The number of carbonyl (C=O) groups excluding carboxylic acids is 1. The van der Waals surface area contributed by atoms with Crippen LogP contribution >= 0.6 is 0 Å². The van der Waals surface area contributed by atoms with E-state index >= 15 is 0 Å². The first-order valence-electron chi connectivity index (χ1n) is 6.21. The minimum Gasteiger partial charge on any atom is -0.497 e. The number of amides is 1. The first-order valence-corrected chi connectivity index (χ1v) is 6.21. The van der Waals surface area contributed by atoms with Gasteiger partial charge in [-0.05, 0) is 45.0 Å². The summed E-state index contributed by atoms with van der Waals surface area (Å²) in [6.07, 6.45) is 0. The summed E-state index contributed by atoms with van der Waals surface area (Å²) < 4.78 is 5.04. The predicted molar refractivity (Wildman–Crippen MR) is 73.3 cm³/mol. The molecule has 1 aromatic carbocycles. The summed E-state index contributed by atoms with van der Waals surface area (Å²) in [7, 11) is 1.54. The summed E-state index contributed by atoms with van der Waals surface area (Å²) in [5.74, 6) is -2.83. The van der Waals surface area contributed by atoms with Crippen molar-refractivity contribution in [3.8, 4) is 5.75 Å². The highest BCUT2D eigenvalue weighted by atomic mass is 16.5. The first-order chi connectivity index (χ1) is 9.17. The number of aliphatic hydroxyl groups is 2. The number of ether oxygens (including phenoxy) is 1. The van der Waals surface area contributed by atoms with Crippen LogP contribution in [0.4, 0.5) is 0 Å². The second kappa shape index (κ2) is 4.57. The van der Waals surface area contributed by atoms with E-state index in [0.717, 1.165) is 5.01 Å². The third kappa shape index (κ3) is 2.28. The Morgan fingerprint density at radius 2 is 1.75 bits per heavy atom. The van der Waals surface area contributed by atoms with Gasteiger partial charge in [0.15, 0.2) is 0 Å². The van der Waals surface area contributed by atoms with Gasteiger partial charge < -0.3 is 14.9 Å². The maximum atomic E-state index is 12.1. The molecule has 0 aromatic heterocycles. The summed E-state index contributed by atoms with van der Waals surface area (Å²) in [6, 6.07) is 6.58. The van der Waals surface area contributed by atoms with Crippen LogP contribution in [0.5, 0.6) is 5.75 Å². The Hall–Kier alpha value is -1.92. The second-order valence-electron chi connectivity index (χ2n) is 5.64. The van der Waals surface area contributed by atoms with Gasteiger partial charge in [0.2, 0.25) is 0 Å². The molecule has 0 saturated heterocycles. The Bertz CT molecular complexity index is 556. The van der Waals surface area contributed by atoms with E-state index in [9.17, 15) is 15.0 Å². The molecule has 1 heterocycles. The van der Waals surface area contributed by atoms with Crippen molar-refractivity contribution in [1.82, 2.24) is 5.01 Å². The molecule has 1 aromatic rings. The van der Waals surface area contributed by atoms with Crippen molar-refractivity contribution < 1.29 is 19.7 Å². The van der Waals surface area contributed by atoms with Crippen LogP contribution in [0, 0.1) is 0 Å². The highest BCUT2D eigenvalue weighted by Crippen LogP contribution is 2.29. The Labute approximate surface area is 117 Å². The average molecular weight is 278 g/mol. The fourth-order valence-corrected chi connectivity index (χ4v) is 1.93. The van der Waals surface area contributed by atoms with Gasteiger partial charge in [0.25, 0.3) is 5.79 Å². The Kier molecular flexibility index (Phi) is 3.31. The lowest BCUT2D eigenvalue weighted by atomic mass is 10.0. The maximum absolute atomic E-state index is 12.1. The zero-order chi connectivity index (χ0) is 15.1. The second-order valence-corrected chi connectivity index (χ2v) is 5.64. The predicted octanol–water partition coefficient (Wildman–Crippen LogP) is 0.721. The highest BCUT2D eigenvalue weighted by molar-refractivity contribution is 6.21. The molecule has 20 heavy (non-hydrogen) atoms. The molecule has 1 aliphatic rings. The summed E-state index contributed by atoms with van der Waals surface area (Å²) in [5, 5.41) is 25.2. The molecule has 0 saturated carbocycles. The van der Waals surface area contributed by atoms with Gasteiger partial charge in [0.1, 0.15) is 11.5 Å². The molecular formula is C14H18N2O4. The van der Waals surface area contributed by atoms with Crippen molar-refractivity contribution in [3.05, 3.63) is 29.8 Å². The molecule has 1 aliphatic heterocycles. The topological polar surface area (TPSA) is 82.4 Å². The molecule has 0 unspecified atom stereocenters. The fraction of sp³-hybridized carbons (Fsp3) is 0.429. The normalized spacial score (nSPS) is 18.2. The number of benzene rings is 1. The number of hydrogen-bond donors (Lipinski definition) is 2. The molecule has 0 radical (unpaired) electrons. The summed E-state index contributed by atoms with van der Waals surface area (Å²) in [6.45, 7) is 5.30. The van der Waals surface area contributed by atoms with Crippen molar-refractivity contribution in [2.24, 2.45) is 5.10 Å². The molecule has 0 aliphatic carbocycles. The highest BCUT2D eigenvalue weighted by Gasteiger charge is 2.52. The minimum absolute atomic E-state index is 0.0833. The molecule has 2 N–H and O–H groups in total. The number of hydrazone groups is 1. The van der Waals surface area contributed by atoms with Crippen molar-refractivity contribution in [2.75, 3.05) is 7.11 Å². The largest absolute Gasteiger partial charge is 0.497 e. The van der Waals surface area contributed by atoms with Crippen molar-refractivity contribution >= 4 is 11.6 Å². The van der Waals surface area contributed by atoms with Crippen LogP contribution < -0.4 is 4.74 Å². The molecule has 0 fully saturated rings. The van der Waals surface area contributed by atoms with Crippen LogP contribution in [0.25, 0.3) is 0 Å². The van der Waals surface area contributed by atoms with E-state index in [2.05, 4.69) is 5.10 Å². The lowest BCUT2D eigenvalue weighted by Gasteiger charge is -2.28. The number of hydrogen-bond acceptors (Lipinski definition) is 5. The minimum atomic E-state index is -2.61. The SMILES string of the molecule is COc1ccc(C2=NN(C(C)(C)C)C(=O)C2(O)O)cc1. The third-order valence-electron chi connectivity index (χ3n) is 3.02. The van der Waals surface area contributed by atoms with E-state index in [1.54, 1.807) is 45.0 Å². The molecule has 108 valence electrons. The molecule has 6 heteroatoms. The van der Waals surface area contributed by atoms with Crippen molar-refractivity contribution in [1.29, 1.82) is 0 Å². The molecule has 0 atom stereocenters. The van der Waals surface area contributed by atoms with Gasteiger partial charge in [0, 0.05) is 5.56 Å². The van der Waals surface area contributed by atoms with Gasteiger partial charge in [-0.25, -0.2) is 5.01 Å². The Morgan fingerprint density at radius 3 is 2.15 bits per heavy atom. The quantitative estimate of drug-likeness (QED) is 0.781. The van der Waals surface area contributed by atoms with Gasteiger partial charge in [-0.15, -0.1) is 0 Å². The van der Waals surface area contributed by atoms with Gasteiger partial charge in [-0.3, -0.25) is 4.79 Å². The van der Waals surface area contributed by atoms with E-state index in [0.29, 0.717) is 11.3 Å². The maximum Gasteiger partial charge on any atom is 0.309 e. The molecular weight excluding hydrogens is 260 g/mol. The van der Waals surface area contributed by atoms with Gasteiger partial charge >= 0.3 is 5.91 Å². The van der Waals surface area contributed by atoms with Gasteiger partial charge in [0.05, 0.1) is 12.6 Å². The third-order valence-corrected chi connectivity index (χ3v) is 3.02. The summed E-state index contributed by atoms with van der Waals surface area (Å²) >= 11 is 0. The summed E-state index contributed by atoms with van der Waals surface area (Å²) in [4.78, 5) is 12.1. The van der Waals surface area contributed by atoms with Crippen LogP contribution in [0.15, 0.2) is 29.4 Å². The Balaban J connectivity index is 2.45. The fourth-order valence-electron chi connectivity index (χ4n) is 1.93. The van der Waals surface area contributed by atoms with E-state index < -0.39 is 17.2 Å².